The van der Waals surface area contributed by atoms with Gasteiger partial charge in [-0.05, 0) is 42.5 Å². The first kappa shape index (κ1) is 17.1. The van der Waals surface area contributed by atoms with Crippen LogP contribution < -0.4 is 10.0 Å². The molecule has 8 heteroatoms. The van der Waals surface area contributed by atoms with E-state index in [4.69, 9.17) is 0 Å². The molecule has 0 saturated heterocycles. The summed E-state index contributed by atoms with van der Waals surface area (Å²) in [4.78, 5) is 12.7. The van der Waals surface area contributed by atoms with E-state index in [0.29, 0.717) is 5.69 Å². The second-order valence-corrected chi connectivity index (χ2v) is 8.84. The Kier molecular flexibility index (Phi) is 3.83. The van der Waals surface area contributed by atoms with Crippen LogP contribution in [-0.4, -0.2) is 24.1 Å². The molecule has 0 radical (unpaired) electrons. The third kappa shape index (κ3) is 2.51. The van der Waals surface area contributed by atoms with Crippen LogP contribution in [0, 0.1) is 0 Å². The molecule has 4 rings (SSSR count). The molecule has 138 valence electrons. The summed E-state index contributed by atoms with van der Waals surface area (Å²) in [5, 5.41) is 6.97. The number of sulfonamides is 1. The third-order valence-corrected chi connectivity index (χ3v) is 6.71. The van der Waals surface area contributed by atoms with Gasteiger partial charge in [0.15, 0.2) is 0 Å². The Balaban J connectivity index is 1.76. The van der Waals surface area contributed by atoms with Crippen LogP contribution in [0.5, 0.6) is 0 Å². The standard InChI is InChI=1S/C18H22N4O3S/c1-3-5-12-8-13(21-26(24,25)14-10-19-22(2)11-14)9-15-16(12)20-17(23)18(15)6-4-7-18/h8-11,21H,3-7H2,1-2H3,(H,20,23). The van der Waals surface area contributed by atoms with Gasteiger partial charge in [-0.15, -0.1) is 0 Å². The molecule has 2 N–H and O–H groups in total. The number of carbonyl (C=O) groups is 1. The number of aryl methyl sites for hydroxylation is 2. The summed E-state index contributed by atoms with van der Waals surface area (Å²) in [6, 6.07) is 3.65. The van der Waals surface area contributed by atoms with Crippen LogP contribution in [0.4, 0.5) is 11.4 Å². The van der Waals surface area contributed by atoms with Crippen molar-refractivity contribution in [2.75, 3.05) is 10.0 Å². The van der Waals surface area contributed by atoms with Crippen LogP contribution in [0.2, 0.25) is 0 Å². The summed E-state index contributed by atoms with van der Waals surface area (Å²) in [5.41, 5.74) is 2.81. The van der Waals surface area contributed by atoms with Crippen molar-refractivity contribution < 1.29 is 13.2 Å². The number of rotatable bonds is 5. The molecular formula is C18H22N4O3S. The lowest BCUT2D eigenvalue weighted by atomic mass is 9.65. The minimum atomic E-state index is -3.72. The highest BCUT2D eigenvalue weighted by molar-refractivity contribution is 7.92. The molecule has 2 aromatic rings. The summed E-state index contributed by atoms with van der Waals surface area (Å²) in [6.07, 6.45) is 7.12. The number of fused-ring (bicyclic) bond motifs is 2. The molecule has 1 aromatic heterocycles. The zero-order valence-corrected chi connectivity index (χ0v) is 15.7. The number of nitrogens with one attached hydrogen (secondary N) is 2. The van der Waals surface area contributed by atoms with E-state index in [1.54, 1.807) is 7.05 Å². The molecule has 1 aliphatic carbocycles. The second-order valence-electron chi connectivity index (χ2n) is 7.15. The number of aromatic nitrogens is 2. The maximum atomic E-state index is 12.6. The van der Waals surface area contributed by atoms with E-state index in [2.05, 4.69) is 22.1 Å². The van der Waals surface area contributed by atoms with Gasteiger partial charge in [-0.3, -0.25) is 14.2 Å². The molecule has 26 heavy (non-hydrogen) atoms. The van der Waals surface area contributed by atoms with Gasteiger partial charge in [0.05, 0.1) is 11.6 Å². The first-order valence-corrected chi connectivity index (χ1v) is 10.3. The van der Waals surface area contributed by atoms with Crippen LogP contribution in [0.3, 0.4) is 0 Å². The summed E-state index contributed by atoms with van der Waals surface area (Å²) < 4.78 is 29.4. The number of anilines is 2. The molecule has 1 amide bonds. The number of carbonyl (C=O) groups excluding carboxylic acids is 1. The lowest BCUT2D eigenvalue weighted by molar-refractivity contribution is -0.123. The molecule has 2 aliphatic rings. The Hall–Kier alpha value is -2.35. The predicted octanol–water partition coefficient (Wildman–Crippen LogP) is 2.55. The Labute approximate surface area is 152 Å². The highest BCUT2D eigenvalue weighted by Crippen LogP contribution is 2.53. The van der Waals surface area contributed by atoms with Crippen molar-refractivity contribution in [2.24, 2.45) is 7.05 Å². The lowest BCUT2D eigenvalue weighted by Crippen LogP contribution is -2.40. The van der Waals surface area contributed by atoms with Gasteiger partial charge in [-0.1, -0.05) is 19.8 Å². The summed E-state index contributed by atoms with van der Waals surface area (Å²) in [7, 11) is -2.05. The Morgan fingerprint density at radius 1 is 1.35 bits per heavy atom. The van der Waals surface area contributed by atoms with Gasteiger partial charge >= 0.3 is 0 Å². The zero-order chi connectivity index (χ0) is 18.5. The Morgan fingerprint density at radius 2 is 2.12 bits per heavy atom. The fraction of sp³-hybridized carbons (Fsp3) is 0.444. The van der Waals surface area contributed by atoms with Crippen molar-refractivity contribution in [3.63, 3.8) is 0 Å². The molecule has 1 aromatic carbocycles. The molecule has 0 unspecified atom stereocenters. The topological polar surface area (TPSA) is 93.1 Å². The highest BCUT2D eigenvalue weighted by atomic mass is 32.2. The smallest absolute Gasteiger partial charge is 0.265 e. The molecule has 0 bridgehead atoms. The van der Waals surface area contributed by atoms with Crippen LogP contribution >= 0.6 is 0 Å². The first-order valence-electron chi connectivity index (χ1n) is 8.86. The van der Waals surface area contributed by atoms with Crippen molar-refractivity contribution in [3.8, 4) is 0 Å². The second kappa shape index (κ2) is 5.84. The lowest BCUT2D eigenvalue weighted by Gasteiger charge is -2.36. The number of nitrogens with zero attached hydrogens (tertiary/aromatic N) is 2. The van der Waals surface area contributed by atoms with E-state index in [0.717, 1.165) is 48.9 Å². The highest BCUT2D eigenvalue weighted by Gasteiger charge is 2.51. The maximum Gasteiger partial charge on any atom is 0.265 e. The minimum Gasteiger partial charge on any atom is -0.325 e. The van der Waals surface area contributed by atoms with Crippen molar-refractivity contribution in [1.82, 2.24) is 9.78 Å². The Morgan fingerprint density at radius 3 is 2.69 bits per heavy atom. The van der Waals surface area contributed by atoms with Crippen LogP contribution in [-0.2, 0) is 33.7 Å². The van der Waals surface area contributed by atoms with Crippen LogP contribution in [0.15, 0.2) is 29.4 Å². The van der Waals surface area contributed by atoms with E-state index in [9.17, 15) is 13.2 Å². The maximum absolute atomic E-state index is 12.6. The molecule has 1 aliphatic heterocycles. The minimum absolute atomic E-state index is 0.0448. The van der Waals surface area contributed by atoms with Gasteiger partial charge in [0.25, 0.3) is 10.0 Å². The van der Waals surface area contributed by atoms with Crippen LogP contribution in [0.1, 0.15) is 43.7 Å². The van der Waals surface area contributed by atoms with Gasteiger partial charge < -0.3 is 5.32 Å². The van der Waals surface area contributed by atoms with E-state index in [1.807, 2.05) is 12.1 Å². The average Bonchev–Trinajstić information content (AvgIpc) is 3.08. The summed E-state index contributed by atoms with van der Waals surface area (Å²) >= 11 is 0. The predicted molar refractivity (Wildman–Crippen MR) is 98.6 cm³/mol. The first-order chi connectivity index (χ1) is 12.4. The molecular weight excluding hydrogens is 352 g/mol. The molecule has 1 spiro atoms. The third-order valence-electron chi connectivity index (χ3n) is 5.38. The SMILES string of the molecule is CCCc1cc(NS(=O)(=O)c2cnn(C)c2)cc2c1NC(=O)C21CCC1. The fourth-order valence-electron chi connectivity index (χ4n) is 3.89. The van der Waals surface area contributed by atoms with Crippen molar-refractivity contribution in [1.29, 1.82) is 0 Å². The van der Waals surface area contributed by atoms with Crippen molar-refractivity contribution in [3.05, 3.63) is 35.7 Å². The van der Waals surface area contributed by atoms with E-state index in [-0.39, 0.29) is 10.8 Å². The van der Waals surface area contributed by atoms with Gasteiger partial charge in [0.1, 0.15) is 4.90 Å². The van der Waals surface area contributed by atoms with E-state index in [1.165, 1.54) is 17.1 Å². The number of amides is 1. The molecule has 2 heterocycles. The van der Waals surface area contributed by atoms with Crippen LogP contribution in [0.25, 0.3) is 0 Å². The number of hydrogen-bond acceptors (Lipinski definition) is 4. The molecule has 1 fully saturated rings. The van der Waals surface area contributed by atoms with Gasteiger partial charge in [-0.25, -0.2) is 8.42 Å². The average molecular weight is 374 g/mol. The molecule has 1 saturated carbocycles. The zero-order valence-electron chi connectivity index (χ0n) is 14.9. The number of benzene rings is 1. The monoisotopic (exact) mass is 374 g/mol. The number of hydrogen-bond donors (Lipinski definition) is 2. The molecule has 0 atom stereocenters. The van der Waals surface area contributed by atoms with E-state index >= 15 is 0 Å². The van der Waals surface area contributed by atoms with Crippen molar-refractivity contribution >= 4 is 27.3 Å². The van der Waals surface area contributed by atoms with Crippen molar-refractivity contribution in [2.45, 2.75) is 49.3 Å². The normalized spacial score (nSPS) is 17.7. The summed E-state index contributed by atoms with van der Waals surface area (Å²) in [5.74, 6) is 0.0448. The van der Waals surface area contributed by atoms with Gasteiger partial charge in [0.2, 0.25) is 5.91 Å². The largest absolute Gasteiger partial charge is 0.325 e. The summed E-state index contributed by atoms with van der Waals surface area (Å²) in [6.45, 7) is 2.06. The van der Waals surface area contributed by atoms with E-state index < -0.39 is 15.4 Å². The van der Waals surface area contributed by atoms with Gasteiger partial charge in [-0.2, -0.15) is 5.10 Å². The van der Waals surface area contributed by atoms with Gasteiger partial charge in [0, 0.05) is 24.6 Å². The molecule has 7 nitrogen and oxygen atoms in total. The quantitative estimate of drug-likeness (QED) is 0.841. The fourth-order valence-corrected chi connectivity index (χ4v) is 4.91. The Bertz CT molecular complexity index is 990.